The van der Waals surface area contributed by atoms with E-state index in [1.54, 1.807) is 0 Å². The maximum Gasteiger partial charge on any atom is -0.00703 e. The average molecular weight is 104 g/mol. The van der Waals surface area contributed by atoms with Crippen LogP contribution in [-0.4, -0.2) is 11.5 Å². The molecular weight excluding hydrogens is 92.1 g/mol. The van der Waals surface area contributed by atoms with E-state index in [1.165, 1.54) is 17.9 Å². The fourth-order valence-electron chi connectivity index (χ4n) is 0.289. The van der Waals surface area contributed by atoms with Gasteiger partial charge in [-0.2, -0.15) is 11.8 Å². The van der Waals surface area contributed by atoms with Crippen LogP contribution in [0.3, 0.4) is 0 Å². The second-order valence-electron chi connectivity index (χ2n) is 1.20. The van der Waals surface area contributed by atoms with Crippen molar-refractivity contribution in [3.05, 3.63) is 0 Å². The fraction of sp³-hybridized carbons (Fsp3) is 1.00. The van der Waals surface area contributed by atoms with E-state index in [0.717, 1.165) is 0 Å². The standard InChI is InChI=1S/C5H12S/c1-3-5-6-4-2/h3-5H2,1-2H3. The lowest BCUT2D eigenvalue weighted by Gasteiger charge is -1.87. The molecule has 0 amide bonds. The van der Waals surface area contributed by atoms with Gasteiger partial charge in [-0.25, -0.2) is 0 Å². The van der Waals surface area contributed by atoms with Gasteiger partial charge in [-0.15, -0.1) is 0 Å². The largest absolute Gasteiger partial charge is 0.162 e. The summed E-state index contributed by atoms with van der Waals surface area (Å²) >= 11 is 2.01. The van der Waals surface area contributed by atoms with Crippen LogP contribution in [-0.2, 0) is 0 Å². The molecule has 1 heteroatoms. The van der Waals surface area contributed by atoms with Gasteiger partial charge >= 0.3 is 0 Å². The van der Waals surface area contributed by atoms with Gasteiger partial charge in [0.25, 0.3) is 0 Å². The van der Waals surface area contributed by atoms with E-state index >= 15 is 0 Å². The van der Waals surface area contributed by atoms with Gasteiger partial charge in [0.05, 0.1) is 0 Å². The molecule has 0 bridgehead atoms. The van der Waals surface area contributed by atoms with E-state index in [4.69, 9.17) is 0 Å². The third-order valence-corrected chi connectivity index (χ3v) is 1.66. The van der Waals surface area contributed by atoms with Gasteiger partial charge in [-0.1, -0.05) is 13.8 Å². The Labute approximate surface area is 44.3 Å². The number of rotatable bonds is 3. The Morgan fingerprint density at radius 3 is 2.17 bits per heavy atom. The normalized spacial score (nSPS) is 9.00. The Bertz CT molecular complexity index is 15.9. The van der Waals surface area contributed by atoms with Crippen LogP contribution in [0.25, 0.3) is 0 Å². The first-order valence-electron chi connectivity index (χ1n) is 2.49. The summed E-state index contributed by atoms with van der Waals surface area (Å²) in [5.41, 5.74) is 0. The summed E-state index contributed by atoms with van der Waals surface area (Å²) in [6.45, 7) is 4.41. The second-order valence-corrected chi connectivity index (χ2v) is 2.59. The first-order chi connectivity index (χ1) is 2.91. The molecule has 0 saturated heterocycles. The SMILES string of the molecule is CCCSCC. The maximum atomic E-state index is 2.21. The summed E-state index contributed by atoms with van der Waals surface area (Å²) in [5.74, 6) is 2.60. The molecular formula is C5H12S. The van der Waals surface area contributed by atoms with Gasteiger partial charge < -0.3 is 0 Å². The quantitative estimate of drug-likeness (QED) is 0.494. The van der Waals surface area contributed by atoms with E-state index in [9.17, 15) is 0 Å². The lowest BCUT2D eigenvalue weighted by Crippen LogP contribution is -1.71. The fourth-order valence-corrected chi connectivity index (χ4v) is 0.866. The summed E-state index contributed by atoms with van der Waals surface area (Å²) in [6.07, 6.45) is 1.32. The molecule has 0 aliphatic rings. The lowest BCUT2D eigenvalue weighted by molar-refractivity contribution is 1.11. The second kappa shape index (κ2) is 5.35. The van der Waals surface area contributed by atoms with Crippen LogP contribution in [0.4, 0.5) is 0 Å². The Morgan fingerprint density at radius 1 is 1.33 bits per heavy atom. The topological polar surface area (TPSA) is 0 Å². The minimum Gasteiger partial charge on any atom is -0.162 e. The number of hydrogen-bond acceptors (Lipinski definition) is 1. The molecule has 0 aliphatic heterocycles. The molecule has 0 atom stereocenters. The molecule has 0 radical (unpaired) electrons. The highest BCUT2D eigenvalue weighted by Gasteiger charge is 1.74. The van der Waals surface area contributed by atoms with Gasteiger partial charge in [0, 0.05) is 0 Å². The molecule has 0 aromatic heterocycles. The van der Waals surface area contributed by atoms with E-state index in [1.807, 2.05) is 11.8 Å². The first-order valence-corrected chi connectivity index (χ1v) is 3.65. The van der Waals surface area contributed by atoms with Gasteiger partial charge in [0.15, 0.2) is 0 Å². The van der Waals surface area contributed by atoms with Gasteiger partial charge in [-0.3, -0.25) is 0 Å². The molecule has 0 unspecified atom stereocenters. The first kappa shape index (κ1) is 6.35. The molecule has 0 saturated carbocycles. The summed E-state index contributed by atoms with van der Waals surface area (Å²) in [5, 5.41) is 0. The number of thioether (sulfide) groups is 1. The lowest BCUT2D eigenvalue weighted by atomic mass is 10.6. The summed E-state index contributed by atoms with van der Waals surface area (Å²) < 4.78 is 0. The Morgan fingerprint density at radius 2 is 2.00 bits per heavy atom. The van der Waals surface area contributed by atoms with Crippen molar-refractivity contribution in [3.8, 4) is 0 Å². The minimum absolute atomic E-state index is 1.27. The Hall–Kier alpha value is 0.350. The van der Waals surface area contributed by atoms with Crippen molar-refractivity contribution in [2.45, 2.75) is 20.3 Å². The van der Waals surface area contributed by atoms with E-state index < -0.39 is 0 Å². The Kier molecular flexibility index (Phi) is 5.66. The van der Waals surface area contributed by atoms with Crippen LogP contribution in [0.15, 0.2) is 0 Å². The zero-order valence-electron chi connectivity index (χ0n) is 4.53. The molecule has 0 fully saturated rings. The van der Waals surface area contributed by atoms with Crippen LogP contribution < -0.4 is 0 Å². The van der Waals surface area contributed by atoms with E-state index in [2.05, 4.69) is 13.8 Å². The van der Waals surface area contributed by atoms with Gasteiger partial charge in [-0.05, 0) is 17.9 Å². The van der Waals surface area contributed by atoms with Crippen molar-refractivity contribution in [1.29, 1.82) is 0 Å². The van der Waals surface area contributed by atoms with E-state index in [0.29, 0.717) is 0 Å². The highest BCUT2D eigenvalue weighted by molar-refractivity contribution is 7.99. The number of hydrogen-bond donors (Lipinski definition) is 0. The van der Waals surface area contributed by atoms with Crippen molar-refractivity contribution in [1.82, 2.24) is 0 Å². The van der Waals surface area contributed by atoms with Crippen molar-refractivity contribution < 1.29 is 0 Å². The van der Waals surface area contributed by atoms with Crippen LogP contribution >= 0.6 is 11.8 Å². The zero-order chi connectivity index (χ0) is 4.83. The van der Waals surface area contributed by atoms with Crippen molar-refractivity contribution in [2.24, 2.45) is 0 Å². The minimum atomic E-state index is 1.27. The smallest absolute Gasteiger partial charge is 0.00703 e. The Balaban J connectivity index is 2.34. The van der Waals surface area contributed by atoms with Gasteiger partial charge in [0.1, 0.15) is 0 Å². The third kappa shape index (κ3) is 4.35. The summed E-state index contributed by atoms with van der Waals surface area (Å²) in [7, 11) is 0. The van der Waals surface area contributed by atoms with E-state index in [-0.39, 0.29) is 0 Å². The monoisotopic (exact) mass is 104 g/mol. The van der Waals surface area contributed by atoms with Crippen LogP contribution in [0.2, 0.25) is 0 Å². The average Bonchev–Trinajstić information content (AvgIpc) is 1.61. The predicted octanol–water partition coefficient (Wildman–Crippen LogP) is 2.15. The molecule has 6 heavy (non-hydrogen) atoms. The van der Waals surface area contributed by atoms with Crippen LogP contribution in [0.5, 0.6) is 0 Å². The van der Waals surface area contributed by atoms with Crippen molar-refractivity contribution in [2.75, 3.05) is 11.5 Å². The van der Waals surface area contributed by atoms with Crippen molar-refractivity contribution in [3.63, 3.8) is 0 Å². The molecule has 38 valence electrons. The van der Waals surface area contributed by atoms with Gasteiger partial charge in [0.2, 0.25) is 0 Å². The highest BCUT2D eigenvalue weighted by Crippen LogP contribution is 1.98. The molecule has 0 aliphatic carbocycles. The summed E-state index contributed by atoms with van der Waals surface area (Å²) in [6, 6.07) is 0. The van der Waals surface area contributed by atoms with Crippen molar-refractivity contribution >= 4 is 11.8 Å². The molecule has 0 rings (SSSR count). The molecule has 0 N–H and O–H groups in total. The molecule has 0 spiro atoms. The molecule has 0 aromatic rings. The third-order valence-electron chi connectivity index (χ3n) is 0.553. The molecule has 0 aromatic carbocycles. The predicted molar refractivity (Wildman–Crippen MR) is 33.3 cm³/mol. The van der Waals surface area contributed by atoms with Crippen LogP contribution in [0.1, 0.15) is 20.3 Å². The molecule has 0 heterocycles. The highest BCUT2D eigenvalue weighted by atomic mass is 32.2. The summed E-state index contributed by atoms with van der Waals surface area (Å²) in [4.78, 5) is 0. The zero-order valence-corrected chi connectivity index (χ0v) is 5.35. The van der Waals surface area contributed by atoms with Crippen LogP contribution in [0, 0.1) is 0 Å². The maximum absolute atomic E-state index is 2.21. The molecule has 0 nitrogen and oxygen atoms in total.